The maximum Gasteiger partial charge on any atom is 0.194 e. The predicted octanol–water partition coefficient (Wildman–Crippen LogP) is 2.75. The molecule has 0 radical (unpaired) electrons. The number of anilines is 1. The average molecular weight is 351 g/mol. The lowest BCUT2D eigenvalue weighted by molar-refractivity contribution is 0.447. The molecule has 0 bridgehead atoms. The first-order chi connectivity index (χ1) is 7.99. The van der Waals surface area contributed by atoms with E-state index in [1.807, 2.05) is 22.6 Å². The Balaban J connectivity index is 2.57. The molecule has 3 nitrogen and oxygen atoms in total. The maximum absolute atomic E-state index is 13.0. The molecule has 0 unspecified atom stereocenters. The molecule has 0 aliphatic rings. The lowest BCUT2D eigenvalue weighted by Gasteiger charge is -2.04. The molecule has 0 spiro atoms. The molecule has 1 heterocycles. The summed E-state index contributed by atoms with van der Waals surface area (Å²) in [7, 11) is 0. The van der Waals surface area contributed by atoms with Gasteiger partial charge in [-0.15, -0.1) is 0 Å². The third-order valence-electron chi connectivity index (χ3n) is 2.01. The van der Waals surface area contributed by atoms with Gasteiger partial charge in [-0.3, -0.25) is 0 Å². The van der Waals surface area contributed by atoms with Crippen molar-refractivity contribution in [1.82, 2.24) is 9.97 Å². The topological polar surface area (TPSA) is 51.8 Å². The van der Waals surface area contributed by atoms with E-state index in [1.54, 1.807) is 0 Å². The summed E-state index contributed by atoms with van der Waals surface area (Å²) < 4.78 is 39.4. The first-order valence-corrected chi connectivity index (χ1v) is 5.50. The van der Waals surface area contributed by atoms with E-state index >= 15 is 0 Å². The number of rotatable bonds is 1. The molecule has 17 heavy (non-hydrogen) atoms. The van der Waals surface area contributed by atoms with Crippen molar-refractivity contribution in [3.63, 3.8) is 0 Å². The quantitative estimate of drug-likeness (QED) is 0.635. The Hall–Kier alpha value is -1.38. The molecule has 7 heteroatoms. The normalized spacial score (nSPS) is 10.6. The van der Waals surface area contributed by atoms with Crippen LogP contribution in [0.2, 0.25) is 0 Å². The molecular formula is C10H5F3IN3. The summed E-state index contributed by atoms with van der Waals surface area (Å²) in [5.41, 5.74) is 5.58. The van der Waals surface area contributed by atoms with Crippen LogP contribution in [-0.4, -0.2) is 9.97 Å². The minimum Gasteiger partial charge on any atom is -0.383 e. The molecule has 88 valence electrons. The number of hydrogen-bond acceptors (Lipinski definition) is 3. The highest BCUT2D eigenvalue weighted by Gasteiger charge is 2.13. The van der Waals surface area contributed by atoms with Crippen LogP contribution in [0.3, 0.4) is 0 Å². The van der Waals surface area contributed by atoms with Gasteiger partial charge in [-0.2, -0.15) is 0 Å². The highest BCUT2D eigenvalue weighted by molar-refractivity contribution is 14.1. The van der Waals surface area contributed by atoms with Gasteiger partial charge in [0.1, 0.15) is 5.82 Å². The number of nitrogens with zero attached hydrogens (tertiary/aromatic N) is 2. The van der Waals surface area contributed by atoms with E-state index in [4.69, 9.17) is 5.73 Å². The van der Waals surface area contributed by atoms with Crippen LogP contribution >= 0.6 is 22.6 Å². The molecule has 2 N–H and O–H groups in total. The van der Waals surface area contributed by atoms with E-state index in [1.165, 1.54) is 6.20 Å². The molecule has 0 aliphatic carbocycles. The van der Waals surface area contributed by atoms with Crippen LogP contribution in [0.1, 0.15) is 0 Å². The molecular weight excluding hydrogens is 346 g/mol. The van der Waals surface area contributed by atoms with Gasteiger partial charge in [0, 0.05) is 11.8 Å². The van der Waals surface area contributed by atoms with Crippen LogP contribution in [0.15, 0.2) is 18.3 Å². The van der Waals surface area contributed by atoms with Gasteiger partial charge in [-0.25, -0.2) is 23.1 Å². The Kier molecular flexibility index (Phi) is 3.18. The number of aromatic nitrogens is 2. The molecule has 2 aromatic rings. The van der Waals surface area contributed by atoms with Crippen molar-refractivity contribution >= 4 is 28.4 Å². The van der Waals surface area contributed by atoms with Gasteiger partial charge in [0.05, 0.1) is 3.57 Å². The molecule has 1 aromatic carbocycles. The van der Waals surface area contributed by atoms with E-state index in [2.05, 4.69) is 9.97 Å². The van der Waals surface area contributed by atoms with Gasteiger partial charge < -0.3 is 5.73 Å². The molecule has 0 saturated carbocycles. The zero-order chi connectivity index (χ0) is 12.6. The summed E-state index contributed by atoms with van der Waals surface area (Å²) in [5, 5.41) is 0. The molecule has 0 aliphatic heterocycles. The smallest absolute Gasteiger partial charge is 0.194 e. The van der Waals surface area contributed by atoms with Crippen molar-refractivity contribution in [2.75, 3.05) is 5.73 Å². The zero-order valence-electron chi connectivity index (χ0n) is 8.22. The Morgan fingerprint density at radius 3 is 2.24 bits per heavy atom. The lowest BCUT2D eigenvalue weighted by atomic mass is 10.2. The van der Waals surface area contributed by atoms with Crippen LogP contribution in [-0.2, 0) is 0 Å². The Morgan fingerprint density at radius 1 is 1.12 bits per heavy atom. The highest BCUT2D eigenvalue weighted by atomic mass is 127. The van der Waals surface area contributed by atoms with Gasteiger partial charge in [0.25, 0.3) is 0 Å². The van der Waals surface area contributed by atoms with Crippen LogP contribution in [0, 0.1) is 21.0 Å². The van der Waals surface area contributed by atoms with E-state index in [0.717, 1.165) is 12.1 Å². The SMILES string of the molecule is Nc1nc(-c2cc(F)c(F)c(F)c2)ncc1I. The Bertz CT molecular complexity index is 566. The average Bonchev–Trinajstić information content (AvgIpc) is 2.29. The summed E-state index contributed by atoms with van der Waals surface area (Å²) in [6.07, 6.45) is 1.41. The third-order valence-corrected chi connectivity index (χ3v) is 2.84. The standard InChI is InChI=1S/C10H5F3IN3/c11-5-1-4(2-6(12)8(5)13)10-16-3-7(14)9(15)17-10/h1-3H,(H2,15,16,17). The number of nitrogens with two attached hydrogens (primary N) is 1. The molecule has 0 amide bonds. The molecule has 0 fully saturated rings. The van der Waals surface area contributed by atoms with Crippen LogP contribution in [0.4, 0.5) is 19.0 Å². The van der Waals surface area contributed by atoms with Crippen molar-refractivity contribution in [2.24, 2.45) is 0 Å². The first kappa shape index (κ1) is 12.1. The third kappa shape index (κ3) is 2.33. The molecule has 0 saturated heterocycles. The summed E-state index contributed by atoms with van der Waals surface area (Å²) in [4.78, 5) is 7.73. The van der Waals surface area contributed by atoms with Crippen molar-refractivity contribution in [1.29, 1.82) is 0 Å². The van der Waals surface area contributed by atoms with Crippen LogP contribution in [0.5, 0.6) is 0 Å². The van der Waals surface area contributed by atoms with E-state index in [9.17, 15) is 13.2 Å². The van der Waals surface area contributed by atoms with Crippen LogP contribution in [0.25, 0.3) is 11.4 Å². The van der Waals surface area contributed by atoms with Gasteiger partial charge in [-0.1, -0.05) is 0 Å². The second-order valence-electron chi connectivity index (χ2n) is 3.18. The van der Waals surface area contributed by atoms with Gasteiger partial charge in [0.15, 0.2) is 23.3 Å². The molecule has 1 aromatic heterocycles. The second kappa shape index (κ2) is 4.47. The van der Waals surface area contributed by atoms with Crippen LogP contribution < -0.4 is 5.73 Å². The molecule has 0 atom stereocenters. The second-order valence-corrected chi connectivity index (χ2v) is 4.34. The molecule has 2 rings (SSSR count). The monoisotopic (exact) mass is 351 g/mol. The largest absolute Gasteiger partial charge is 0.383 e. The van der Waals surface area contributed by atoms with Crippen molar-refractivity contribution < 1.29 is 13.2 Å². The zero-order valence-corrected chi connectivity index (χ0v) is 10.4. The summed E-state index contributed by atoms with van der Waals surface area (Å²) in [6, 6.07) is 1.64. The van der Waals surface area contributed by atoms with E-state index in [0.29, 0.717) is 3.57 Å². The fourth-order valence-corrected chi connectivity index (χ4v) is 1.46. The van der Waals surface area contributed by atoms with Crippen molar-refractivity contribution in [3.8, 4) is 11.4 Å². The Morgan fingerprint density at radius 2 is 1.71 bits per heavy atom. The fraction of sp³-hybridized carbons (Fsp3) is 0. The van der Waals surface area contributed by atoms with Gasteiger partial charge in [-0.05, 0) is 34.7 Å². The number of halogens is 4. The summed E-state index contributed by atoms with van der Waals surface area (Å²) >= 11 is 1.92. The number of nitrogen functional groups attached to an aromatic ring is 1. The highest BCUT2D eigenvalue weighted by Crippen LogP contribution is 2.22. The number of hydrogen-bond donors (Lipinski definition) is 1. The predicted molar refractivity (Wildman–Crippen MR) is 64.5 cm³/mol. The number of benzene rings is 1. The van der Waals surface area contributed by atoms with Gasteiger partial charge >= 0.3 is 0 Å². The Labute approximate surface area is 108 Å². The fourth-order valence-electron chi connectivity index (χ4n) is 1.20. The first-order valence-electron chi connectivity index (χ1n) is 4.42. The van der Waals surface area contributed by atoms with E-state index in [-0.39, 0.29) is 17.2 Å². The minimum absolute atomic E-state index is 0.0319. The van der Waals surface area contributed by atoms with E-state index < -0.39 is 17.5 Å². The lowest BCUT2D eigenvalue weighted by Crippen LogP contribution is -2.00. The van der Waals surface area contributed by atoms with Gasteiger partial charge in [0.2, 0.25) is 0 Å². The summed E-state index contributed by atoms with van der Waals surface area (Å²) in [5.74, 6) is -3.87. The minimum atomic E-state index is -1.52. The summed E-state index contributed by atoms with van der Waals surface area (Å²) in [6.45, 7) is 0. The van der Waals surface area contributed by atoms with Crippen molar-refractivity contribution in [3.05, 3.63) is 39.4 Å². The van der Waals surface area contributed by atoms with Crippen molar-refractivity contribution in [2.45, 2.75) is 0 Å². The maximum atomic E-state index is 13.0.